The zero-order chi connectivity index (χ0) is 23.5. The molecular weight excluding hydrogens is 484 g/mol. The number of hydrogen-bond donors (Lipinski definition) is 1. The molecule has 0 aliphatic carbocycles. The van der Waals surface area contributed by atoms with E-state index in [2.05, 4.69) is 38.3 Å². The molecule has 0 saturated heterocycles. The number of benzene rings is 3. The predicted octanol–water partition coefficient (Wildman–Crippen LogP) is 5.58. The van der Waals surface area contributed by atoms with Gasteiger partial charge in [-0.05, 0) is 61.4 Å². The van der Waals surface area contributed by atoms with E-state index in [0.717, 1.165) is 21.3 Å². The summed E-state index contributed by atoms with van der Waals surface area (Å²) >= 11 is 3.46. The van der Waals surface area contributed by atoms with Crippen LogP contribution < -0.4 is 14.8 Å². The maximum Gasteiger partial charge on any atom is 0.295 e. The summed E-state index contributed by atoms with van der Waals surface area (Å²) in [5.41, 5.74) is 4.42. The molecule has 0 radical (unpaired) electrons. The first kappa shape index (κ1) is 22.5. The number of aryl methyl sites for hydroxylation is 2. The van der Waals surface area contributed by atoms with Gasteiger partial charge < -0.3 is 14.8 Å². The van der Waals surface area contributed by atoms with Gasteiger partial charge in [0, 0.05) is 16.1 Å². The van der Waals surface area contributed by atoms with E-state index in [1.807, 2.05) is 49.4 Å². The number of halogens is 1. The number of rotatable bonds is 6. The van der Waals surface area contributed by atoms with Crippen LogP contribution in [0.5, 0.6) is 11.5 Å². The Morgan fingerprint density at radius 3 is 2.36 bits per heavy atom. The first-order valence-corrected chi connectivity index (χ1v) is 11.0. The molecule has 0 atom stereocenters. The van der Waals surface area contributed by atoms with E-state index in [1.54, 1.807) is 30.0 Å². The molecule has 3 aromatic carbocycles. The van der Waals surface area contributed by atoms with Crippen molar-refractivity contribution in [1.29, 1.82) is 0 Å². The van der Waals surface area contributed by atoms with Crippen LogP contribution in [0.25, 0.3) is 17.1 Å². The number of nitrogens with one attached hydrogen (secondary N) is 1. The Hall–Kier alpha value is -3.65. The van der Waals surface area contributed by atoms with Crippen LogP contribution in [0.15, 0.2) is 65.1 Å². The van der Waals surface area contributed by atoms with E-state index in [0.29, 0.717) is 23.0 Å². The number of aromatic nitrogens is 3. The molecule has 33 heavy (non-hydrogen) atoms. The number of nitrogens with zero attached hydrogens (tertiary/aromatic N) is 3. The van der Waals surface area contributed by atoms with Crippen LogP contribution in [0.3, 0.4) is 0 Å². The van der Waals surface area contributed by atoms with Crippen LogP contribution in [-0.4, -0.2) is 34.9 Å². The SMILES string of the molecule is COc1ccc(OC)c(NC(=O)c2nc(-c3ccc(Br)cc3)n(-c3ccc(C)c(C)c3)n2)c1. The molecule has 0 spiro atoms. The highest BCUT2D eigenvalue weighted by atomic mass is 79.9. The summed E-state index contributed by atoms with van der Waals surface area (Å²) in [6.07, 6.45) is 0. The highest BCUT2D eigenvalue weighted by Gasteiger charge is 2.20. The molecule has 0 aliphatic heterocycles. The van der Waals surface area contributed by atoms with Crippen LogP contribution in [0.1, 0.15) is 21.7 Å². The van der Waals surface area contributed by atoms with Gasteiger partial charge in [-0.1, -0.05) is 34.1 Å². The van der Waals surface area contributed by atoms with Crippen LogP contribution in [-0.2, 0) is 0 Å². The van der Waals surface area contributed by atoms with Crippen molar-refractivity contribution in [2.45, 2.75) is 13.8 Å². The molecule has 0 fully saturated rings. The maximum absolute atomic E-state index is 13.1. The molecular formula is C25H23BrN4O3. The van der Waals surface area contributed by atoms with E-state index in [4.69, 9.17) is 9.47 Å². The lowest BCUT2D eigenvalue weighted by atomic mass is 10.1. The van der Waals surface area contributed by atoms with E-state index in [1.165, 1.54) is 12.7 Å². The molecule has 0 bridgehead atoms. The number of hydrogen-bond acceptors (Lipinski definition) is 5. The highest BCUT2D eigenvalue weighted by Crippen LogP contribution is 2.30. The summed E-state index contributed by atoms with van der Waals surface area (Å²) in [5, 5.41) is 7.39. The van der Waals surface area contributed by atoms with Crippen molar-refractivity contribution in [1.82, 2.24) is 14.8 Å². The molecule has 4 aromatic rings. The summed E-state index contributed by atoms with van der Waals surface area (Å²) in [6, 6.07) is 18.9. The summed E-state index contributed by atoms with van der Waals surface area (Å²) < 4.78 is 13.3. The third-order valence-electron chi connectivity index (χ3n) is 5.30. The first-order valence-electron chi connectivity index (χ1n) is 10.2. The zero-order valence-corrected chi connectivity index (χ0v) is 20.3. The molecule has 8 heteroatoms. The summed E-state index contributed by atoms with van der Waals surface area (Å²) in [4.78, 5) is 17.7. The van der Waals surface area contributed by atoms with Crippen molar-refractivity contribution in [3.05, 3.63) is 82.1 Å². The van der Waals surface area contributed by atoms with E-state index < -0.39 is 5.91 Å². The normalized spacial score (nSPS) is 10.7. The van der Waals surface area contributed by atoms with Crippen molar-refractivity contribution in [2.24, 2.45) is 0 Å². The minimum Gasteiger partial charge on any atom is -0.497 e. The van der Waals surface area contributed by atoms with Crippen molar-refractivity contribution in [3.63, 3.8) is 0 Å². The number of carbonyl (C=O) groups excluding carboxylic acids is 1. The van der Waals surface area contributed by atoms with Crippen molar-refractivity contribution >= 4 is 27.5 Å². The van der Waals surface area contributed by atoms with E-state index in [-0.39, 0.29) is 5.82 Å². The highest BCUT2D eigenvalue weighted by molar-refractivity contribution is 9.10. The first-order chi connectivity index (χ1) is 15.9. The lowest BCUT2D eigenvalue weighted by molar-refractivity contribution is 0.101. The number of methoxy groups -OCH3 is 2. The second-order valence-corrected chi connectivity index (χ2v) is 8.38. The zero-order valence-electron chi connectivity index (χ0n) is 18.7. The lowest BCUT2D eigenvalue weighted by Crippen LogP contribution is -2.15. The summed E-state index contributed by atoms with van der Waals surface area (Å²) in [7, 11) is 3.10. The molecule has 168 valence electrons. The number of carbonyl (C=O) groups is 1. The van der Waals surface area contributed by atoms with Crippen LogP contribution in [0.2, 0.25) is 0 Å². The fraction of sp³-hybridized carbons (Fsp3) is 0.160. The van der Waals surface area contributed by atoms with Gasteiger partial charge in [-0.25, -0.2) is 9.67 Å². The van der Waals surface area contributed by atoms with Gasteiger partial charge in [-0.15, -0.1) is 5.10 Å². The smallest absolute Gasteiger partial charge is 0.295 e. The second-order valence-electron chi connectivity index (χ2n) is 7.47. The van der Waals surface area contributed by atoms with Crippen molar-refractivity contribution in [2.75, 3.05) is 19.5 Å². The van der Waals surface area contributed by atoms with Gasteiger partial charge in [-0.2, -0.15) is 0 Å². The minimum atomic E-state index is -0.456. The quantitative estimate of drug-likeness (QED) is 0.369. The van der Waals surface area contributed by atoms with Gasteiger partial charge in [0.15, 0.2) is 5.82 Å². The molecule has 7 nitrogen and oxygen atoms in total. The van der Waals surface area contributed by atoms with E-state index in [9.17, 15) is 4.79 Å². The second kappa shape index (κ2) is 9.46. The Morgan fingerprint density at radius 2 is 1.70 bits per heavy atom. The average molecular weight is 507 g/mol. The molecule has 1 aromatic heterocycles. The third-order valence-corrected chi connectivity index (χ3v) is 5.83. The Morgan fingerprint density at radius 1 is 0.939 bits per heavy atom. The Kier molecular flexibility index (Phi) is 6.46. The van der Waals surface area contributed by atoms with Gasteiger partial charge in [0.25, 0.3) is 5.91 Å². The van der Waals surface area contributed by atoms with Crippen LogP contribution in [0, 0.1) is 13.8 Å². The maximum atomic E-state index is 13.1. The van der Waals surface area contributed by atoms with Gasteiger partial charge in [0.2, 0.25) is 5.82 Å². The molecule has 1 heterocycles. The van der Waals surface area contributed by atoms with Crippen molar-refractivity contribution < 1.29 is 14.3 Å². The fourth-order valence-electron chi connectivity index (χ4n) is 3.32. The van der Waals surface area contributed by atoms with Crippen LogP contribution >= 0.6 is 15.9 Å². The molecule has 0 saturated carbocycles. The standard InChI is InChI=1S/C25H23BrN4O3/c1-15-5-10-19(13-16(15)2)30-24(17-6-8-18(26)9-7-17)28-23(29-30)25(31)27-21-14-20(32-3)11-12-22(21)33-4/h5-14H,1-4H3,(H,27,31). The van der Waals surface area contributed by atoms with Crippen molar-refractivity contribution in [3.8, 4) is 28.6 Å². The van der Waals surface area contributed by atoms with E-state index >= 15 is 0 Å². The largest absolute Gasteiger partial charge is 0.497 e. The summed E-state index contributed by atoms with van der Waals surface area (Å²) in [6.45, 7) is 4.09. The number of amides is 1. The van der Waals surface area contributed by atoms with Crippen LogP contribution in [0.4, 0.5) is 5.69 Å². The van der Waals surface area contributed by atoms with Gasteiger partial charge in [0.05, 0.1) is 25.6 Å². The Balaban J connectivity index is 1.77. The van der Waals surface area contributed by atoms with Gasteiger partial charge >= 0.3 is 0 Å². The summed E-state index contributed by atoms with van der Waals surface area (Å²) in [5.74, 6) is 1.24. The Labute approximate surface area is 200 Å². The molecule has 0 unspecified atom stereocenters. The van der Waals surface area contributed by atoms with Gasteiger partial charge in [-0.3, -0.25) is 4.79 Å². The number of anilines is 1. The topological polar surface area (TPSA) is 78.3 Å². The molecule has 4 rings (SSSR count). The predicted molar refractivity (Wildman–Crippen MR) is 131 cm³/mol. The fourth-order valence-corrected chi connectivity index (χ4v) is 3.59. The average Bonchev–Trinajstić information content (AvgIpc) is 3.27. The molecule has 1 N–H and O–H groups in total. The van der Waals surface area contributed by atoms with Gasteiger partial charge in [0.1, 0.15) is 11.5 Å². The third kappa shape index (κ3) is 4.75. The molecule has 0 aliphatic rings. The monoisotopic (exact) mass is 506 g/mol. The minimum absolute atomic E-state index is 0.0380. The lowest BCUT2D eigenvalue weighted by Gasteiger charge is -2.10. The molecule has 1 amide bonds. The number of ether oxygens (including phenoxy) is 2. The Bertz CT molecular complexity index is 1320.